The third-order valence-electron chi connectivity index (χ3n) is 3.30. The maximum Gasteiger partial charge on any atom is 0.307 e. The van der Waals surface area contributed by atoms with E-state index in [9.17, 15) is 9.59 Å². The normalized spacial score (nSPS) is 23.6. The summed E-state index contributed by atoms with van der Waals surface area (Å²) >= 11 is 0. The van der Waals surface area contributed by atoms with E-state index in [1.807, 2.05) is 0 Å². The molecule has 0 heterocycles. The number of amides is 1. The summed E-state index contributed by atoms with van der Waals surface area (Å²) in [7, 11) is 0. The van der Waals surface area contributed by atoms with E-state index in [1.165, 1.54) is 0 Å². The number of carboxylic acid groups (broad SMARTS) is 1. The molecule has 1 saturated carbocycles. The summed E-state index contributed by atoms with van der Waals surface area (Å²) in [6, 6.07) is 0. The summed E-state index contributed by atoms with van der Waals surface area (Å²) < 4.78 is 0. The molecule has 0 aromatic carbocycles. The Hall–Kier alpha value is -1.10. The molecular formula is C12H21NO4. The molecule has 0 radical (unpaired) electrons. The van der Waals surface area contributed by atoms with Crippen molar-refractivity contribution in [2.24, 2.45) is 11.8 Å². The quantitative estimate of drug-likeness (QED) is 0.576. The fraction of sp³-hybridized carbons (Fsp3) is 0.833. The topological polar surface area (TPSA) is 86.6 Å². The van der Waals surface area contributed by atoms with Crippen LogP contribution in [0.15, 0.2) is 0 Å². The van der Waals surface area contributed by atoms with Crippen LogP contribution in [-0.4, -0.2) is 35.2 Å². The predicted molar refractivity (Wildman–Crippen MR) is 62.4 cm³/mol. The second kappa shape index (κ2) is 7.27. The van der Waals surface area contributed by atoms with Crippen molar-refractivity contribution in [2.45, 2.75) is 38.5 Å². The first-order chi connectivity index (χ1) is 8.16. The number of unbranched alkanes of at least 4 members (excludes halogenated alkanes) is 2. The van der Waals surface area contributed by atoms with E-state index in [0.717, 1.165) is 25.7 Å². The van der Waals surface area contributed by atoms with Crippen LogP contribution >= 0.6 is 0 Å². The van der Waals surface area contributed by atoms with E-state index in [4.69, 9.17) is 10.2 Å². The largest absolute Gasteiger partial charge is 0.481 e. The van der Waals surface area contributed by atoms with Crippen LogP contribution in [-0.2, 0) is 9.59 Å². The zero-order valence-electron chi connectivity index (χ0n) is 10.0. The minimum absolute atomic E-state index is 0.126. The van der Waals surface area contributed by atoms with Gasteiger partial charge < -0.3 is 15.5 Å². The summed E-state index contributed by atoms with van der Waals surface area (Å²) in [5.74, 6) is -1.85. The molecule has 1 aliphatic carbocycles. The summed E-state index contributed by atoms with van der Waals surface area (Å²) in [6.45, 7) is 0.749. The highest BCUT2D eigenvalue weighted by atomic mass is 16.4. The van der Waals surface area contributed by atoms with Crippen molar-refractivity contribution in [3.8, 4) is 0 Å². The Kier molecular flexibility index (Phi) is 5.97. The molecule has 0 aromatic rings. The molecule has 1 fully saturated rings. The highest BCUT2D eigenvalue weighted by Crippen LogP contribution is 2.31. The molecule has 1 rings (SSSR count). The minimum Gasteiger partial charge on any atom is -0.481 e. The van der Waals surface area contributed by atoms with Gasteiger partial charge in [0.15, 0.2) is 0 Å². The highest BCUT2D eigenvalue weighted by Gasteiger charge is 2.37. The number of rotatable bonds is 7. The summed E-state index contributed by atoms with van der Waals surface area (Å²) in [5.41, 5.74) is 0. The lowest BCUT2D eigenvalue weighted by molar-refractivity contribution is -0.146. The van der Waals surface area contributed by atoms with Crippen LogP contribution in [0.2, 0.25) is 0 Å². The van der Waals surface area contributed by atoms with Crippen LogP contribution in [0.5, 0.6) is 0 Å². The maximum atomic E-state index is 11.8. The fourth-order valence-corrected chi connectivity index (χ4v) is 2.33. The summed E-state index contributed by atoms with van der Waals surface area (Å²) in [5, 5.41) is 20.3. The molecule has 0 aromatic heterocycles. The van der Waals surface area contributed by atoms with Crippen molar-refractivity contribution in [3.05, 3.63) is 0 Å². The number of aliphatic hydroxyl groups excluding tert-OH is 1. The Bertz CT molecular complexity index is 267. The molecule has 0 bridgehead atoms. The molecule has 98 valence electrons. The Morgan fingerprint density at radius 1 is 1.12 bits per heavy atom. The highest BCUT2D eigenvalue weighted by molar-refractivity contribution is 5.85. The lowest BCUT2D eigenvalue weighted by Gasteiger charge is -2.15. The van der Waals surface area contributed by atoms with E-state index in [1.54, 1.807) is 0 Å². The zero-order valence-corrected chi connectivity index (χ0v) is 10.0. The Labute approximate surface area is 101 Å². The monoisotopic (exact) mass is 243 g/mol. The number of hydrogen-bond donors (Lipinski definition) is 3. The summed E-state index contributed by atoms with van der Waals surface area (Å²) in [6.07, 6.45) is 4.56. The van der Waals surface area contributed by atoms with E-state index in [0.29, 0.717) is 19.4 Å². The number of aliphatic hydroxyl groups is 1. The second-order valence-electron chi connectivity index (χ2n) is 4.56. The molecule has 2 atom stereocenters. The van der Waals surface area contributed by atoms with E-state index >= 15 is 0 Å². The van der Waals surface area contributed by atoms with Gasteiger partial charge in [-0.15, -0.1) is 0 Å². The number of nitrogens with one attached hydrogen (secondary N) is 1. The molecule has 0 spiro atoms. The van der Waals surface area contributed by atoms with Gasteiger partial charge in [-0.1, -0.05) is 6.42 Å². The molecule has 1 amide bonds. The van der Waals surface area contributed by atoms with Gasteiger partial charge in [0.2, 0.25) is 5.91 Å². The van der Waals surface area contributed by atoms with Crippen molar-refractivity contribution < 1.29 is 19.8 Å². The SMILES string of the molecule is O=C(O)[C@H]1CCC[C@H]1C(=O)NCCCCCO. The number of carboxylic acids is 1. The molecule has 3 N–H and O–H groups in total. The standard InChI is InChI=1S/C12H21NO4/c14-8-3-1-2-7-13-11(15)9-5-4-6-10(9)12(16)17/h9-10,14H,1-8H2,(H,13,15)(H,16,17)/t9-,10+/m1/s1. The van der Waals surface area contributed by atoms with Crippen molar-refractivity contribution >= 4 is 11.9 Å². The molecule has 1 aliphatic rings. The lowest BCUT2D eigenvalue weighted by atomic mass is 9.95. The first-order valence-electron chi connectivity index (χ1n) is 6.28. The van der Waals surface area contributed by atoms with E-state index < -0.39 is 11.9 Å². The minimum atomic E-state index is -0.858. The van der Waals surface area contributed by atoms with Gasteiger partial charge in [0, 0.05) is 13.2 Å². The van der Waals surface area contributed by atoms with Gasteiger partial charge in [-0.05, 0) is 32.1 Å². The van der Waals surface area contributed by atoms with Crippen molar-refractivity contribution in [1.29, 1.82) is 0 Å². The molecular weight excluding hydrogens is 222 g/mol. The Morgan fingerprint density at radius 2 is 1.82 bits per heavy atom. The van der Waals surface area contributed by atoms with Gasteiger partial charge in [-0.3, -0.25) is 9.59 Å². The average molecular weight is 243 g/mol. The van der Waals surface area contributed by atoms with Gasteiger partial charge in [-0.25, -0.2) is 0 Å². The molecule has 0 unspecified atom stereocenters. The van der Waals surface area contributed by atoms with Gasteiger partial charge in [0.05, 0.1) is 11.8 Å². The third-order valence-corrected chi connectivity index (χ3v) is 3.30. The molecule has 0 aliphatic heterocycles. The van der Waals surface area contributed by atoms with Crippen LogP contribution in [0.1, 0.15) is 38.5 Å². The predicted octanol–water partition coefficient (Wildman–Crippen LogP) is 0.766. The van der Waals surface area contributed by atoms with Gasteiger partial charge in [0.1, 0.15) is 0 Å². The van der Waals surface area contributed by atoms with E-state index in [2.05, 4.69) is 5.32 Å². The zero-order chi connectivity index (χ0) is 12.7. The molecule has 0 saturated heterocycles. The molecule has 5 heteroatoms. The van der Waals surface area contributed by atoms with Crippen LogP contribution in [0.4, 0.5) is 0 Å². The Balaban J connectivity index is 2.25. The first-order valence-corrected chi connectivity index (χ1v) is 6.28. The molecule has 17 heavy (non-hydrogen) atoms. The van der Waals surface area contributed by atoms with Crippen LogP contribution in [0, 0.1) is 11.8 Å². The van der Waals surface area contributed by atoms with Crippen molar-refractivity contribution in [2.75, 3.05) is 13.2 Å². The van der Waals surface area contributed by atoms with E-state index in [-0.39, 0.29) is 18.4 Å². The Morgan fingerprint density at radius 3 is 2.47 bits per heavy atom. The first kappa shape index (κ1) is 14.0. The number of aliphatic carboxylic acids is 1. The molecule has 5 nitrogen and oxygen atoms in total. The van der Waals surface area contributed by atoms with Gasteiger partial charge in [0.25, 0.3) is 0 Å². The average Bonchev–Trinajstić information content (AvgIpc) is 2.77. The van der Waals surface area contributed by atoms with Crippen LogP contribution in [0.25, 0.3) is 0 Å². The third kappa shape index (κ3) is 4.34. The van der Waals surface area contributed by atoms with Crippen LogP contribution < -0.4 is 5.32 Å². The maximum absolute atomic E-state index is 11.8. The van der Waals surface area contributed by atoms with Gasteiger partial charge >= 0.3 is 5.97 Å². The van der Waals surface area contributed by atoms with Gasteiger partial charge in [-0.2, -0.15) is 0 Å². The van der Waals surface area contributed by atoms with Crippen LogP contribution in [0.3, 0.4) is 0 Å². The lowest BCUT2D eigenvalue weighted by Crippen LogP contribution is -2.35. The number of hydrogen-bond acceptors (Lipinski definition) is 3. The second-order valence-corrected chi connectivity index (χ2v) is 4.56. The smallest absolute Gasteiger partial charge is 0.307 e. The number of carbonyl (C=O) groups excluding carboxylic acids is 1. The summed E-state index contributed by atoms with van der Waals surface area (Å²) in [4.78, 5) is 22.7. The fourth-order valence-electron chi connectivity index (χ4n) is 2.33. The number of carbonyl (C=O) groups is 2. The van der Waals surface area contributed by atoms with Crippen molar-refractivity contribution in [3.63, 3.8) is 0 Å². The van der Waals surface area contributed by atoms with Crippen molar-refractivity contribution in [1.82, 2.24) is 5.32 Å².